The van der Waals surface area contributed by atoms with Gasteiger partial charge in [0.1, 0.15) is 5.75 Å². The van der Waals surface area contributed by atoms with Crippen molar-refractivity contribution in [3.05, 3.63) is 60.2 Å². The van der Waals surface area contributed by atoms with Crippen LogP contribution in [-0.4, -0.2) is 25.6 Å². The lowest BCUT2D eigenvalue weighted by Gasteiger charge is -2.20. The number of amides is 1. The Hall–Kier alpha value is -2.86. The van der Waals surface area contributed by atoms with Crippen LogP contribution in [0, 0.1) is 5.92 Å². The first-order chi connectivity index (χ1) is 12.0. The highest BCUT2D eigenvalue weighted by atomic mass is 16.6. The van der Waals surface area contributed by atoms with Crippen molar-refractivity contribution in [3.63, 3.8) is 0 Å². The van der Waals surface area contributed by atoms with E-state index in [9.17, 15) is 9.59 Å². The first-order valence-corrected chi connectivity index (χ1v) is 7.92. The Morgan fingerprint density at radius 1 is 1.12 bits per heavy atom. The number of methoxy groups -OCH3 is 1. The van der Waals surface area contributed by atoms with Crippen molar-refractivity contribution in [3.8, 4) is 5.75 Å². The van der Waals surface area contributed by atoms with E-state index in [1.54, 1.807) is 31.2 Å². The summed E-state index contributed by atoms with van der Waals surface area (Å²) < 4.78 is 9.83. The molecule has 0 radical (unpaired) electrons. The van der Waals surface area contributed by atoms with Crippen molar-refractivity contribution in [1.29, 1.82) is 0 Å². The Morgan fingerprint density at radius 3 is 2.52 bits per heavy atom. The Morgan fingerprint density at radius 2 is 1.84 bits per heavy atom. The molecule has 6 heteroatoms. The van der Waals surface area contributed by atoms with E-state index < -0.39 is 17.9 Å². The Balaban J connectivity index is 1.98. The van der Waals surface area contributed by atoms with Crippen molar-refractivity contribution in [2.45, 2.75) is 13.0 Å². The van der Waals surface area contributed by atoms with Crippen molar-refractivity contribution >= 4 is 17.6 Å². The monoisotopic (exact) mass is 342 g/mol. The second kappa shape index (κ2) is 8.84. The number of carbonyl (C=O) groups is 2. The van der Waals surface area contributed by atoms with Gasteiger partial charge in [0, 0.05) is 17.8 Å². The predicted octanol–water partition coefficient (Wildman–Crippen LogP) is 2.51. The molecule has 2 aromatic carbocycles. The number of nitrogens with two attached hydrogens (primary N) is 1. The van der Waals surface area contributed by atoms with Crippen molar-refractivity contribution < 1.29 is 19.1 Å². The maximum atomic E-state index is 12.4. The van der Waals surface area contributed by atoms with E-state index in [2.05, 4.69) is 10.1 Å². The molecule has 2 rings (SSSR count). The molecule has 0 bridgehead atoms. The van der Waals surface area contributed by atoms with Crippen LogP contribution in [-0.2, 0) is 14.3 Å². The molecule has 0 aliphatic carbocycles. The van der Waals surface area contributed by atoms with E-state index in [0.29, 0.717) is 11.4 Å². The highest BCUT2D eigenvalue weighted by Gasteiger charge is 2.22. The molecule has 0 aliphatic rings. The maximum absolute atomic E-state index is 12.4. The third kappa shape index (κ3) is 5.32. The quantitative estimate of drug-likeness (QED) is 0.755. The van der Waals surface area contributed by atoms with Gasteiger partial charge in [-0.1, -0.05) is 43.3 Å². The van der Waals surface area contributed by atoms with Gasteiger partial charge in [0.25, 0.3) is 0 Å². The summed E-state index contributed by atoms with van der Waals surface area (Å²) in [6.07, 6.45) is 0. The largest absolute Gasteiger partial charge is 0.482 e. The molecule has 0 heterocycles. The van der Waals surface area contributed by atoms with Gasteiger partial charge in [0.2, 0.25) is 5.91 Å². The van der Waals surface area contributed by atoms with Gasteiger partial charge in [-0.05, 0) is 17.7 Å². The fourth-order valence-corrected chi connectivity index (χ4v) is 2.25. The van der Waals surface area contributed by atoms with Crippen LogP contribution in [0.25, 0.3) is 0 Å². The van der Waals surface area contributed by atoms with E-state index in [1.807, 2.05) is 30.3 Å². The molecule has 2 atom stereocenters. The van der Waals surface area contributed by atoms with Gasteiger partial charge in [0.05, 0.1) is 13.0 Å². The van der Waals surface area contributed by atoms with E-state index >= 15 is 0 Å². The molecule has 0 spiro atoms. The zero-order valence-electron chi connectivity index (χ0n) is 14.3. The molecule has 6 nitrogen and oxygen atoms in total. The summed E-state index contributed by atoms with van der Waals surface area (Å²) in [5.74, 6) is -0.622. The van der Waals surface area contributed by atoms with E-state index in [-0.39, 0.29) is 12.5 Å². The van der Waals surface area contributed by atoms with Crippen molar-refractivity contribution in [2.75, 3.05) is 19.0 Å². The lowest BCUT2D eigenvalue weighted by Crippen LogP contribution is -2.30. The Kier molecular flexibility index (Phi) is 6.54. The third-order valence-electron chi connectivity index (χ3n) is 3.82. The molecule has 0 aromatic heterocycles. The van der Waals surface area contributed by atoms with Crippen LogP contribution in [0.15, 0.2) is 54.6 Å². The molecule has 2 unspecified atom stereocenters. The van der Waals surface area contributed by atoms with Crippen LogP contribution in [0.5, 0.6) is 5.75 Å². The van der Waals surface area contributed by atoms with Gasteiger partial charge < -0.3 is 20.5 Å². The third-order valence-corrected chi connectivity index (χ3v) is 3.82. The second-order valence-corrected chi connectivity index (χ2v) is 5.61. The van der Waals surface area contributed by atoms with Crippen LogP contribution >= 0.6 is 0 Å². The molecule has 3 N–H and O–H groups in total. The Bertz CT molecular complexity index is 718. The van der Waals surface area contributed by atoms with Gasteiger partial charge >= 0.3 is 5.97 Å². The summed E-state index contributed by atoms with van der Waals surface area (Å²) >= 11 is 0. The van der Waals surface area contributed by atoms with Crippen LogP contribution in [0.2, 0.25) is 0 Å². The normalized spacial score (nSPS) is 12.8. The number of hydrogen-bond donors (Lipinski definition) is 2. The van der Waals surface area contributed by atoms with Gasteiger partial charge in [-0.3, -0.25) is 4.79 Å². The maximum Gasteiger partial charge on any atom is 0.343 e. The fraction of sp³-hybridized carbons (Fsp3) is 0.263. The Labute approximate surface area is 146 Å². The summed E-state index contributed by atoms with van der Waals surface area (Å²) in [6.45, 7) is 1.59. The number of anilines is 1. The number of esters is 1. The van der Waals surface area contributed by atoms with Gasteiger partial charge in [-0.25, -0.2) is 4.79 Å². The first-order valence-electron chi connectivity index (χ1n) is 7.92. The summed E-state index contributed by atoms with van der Waals surface area (Å²) in [6, 6.07) is 15.9. The van der Waals surface area contributed by atoms with E-state index in [0.717, 1.165) is 5.56 Å². The summed E-state index contributed by atoms with van der Waals surface area (Å²) in [7, 11) is 1.29. The lowest BCUT2D eigenvalue weighted by atomic mass is 9.94. The number of benzene rings is 2. The SMILES string of the molecule is COC(=O)COc1cccc(NC(=O)C(C)C(N)c2ccccc2)c1. The summed E-state index contributed by atoms with van der Waals surface area (Å²) in [5, 5.41) is 2.82. The molecule has 2 aromatic rings. The fourth-order valence-electron chi connectivity index (χ4n) is 2.25. The van der Waals surface area contributed by atoms with Crippen LogP contribution in [0.4, 0.5) is 5.69 Å². The molecular formula is C19H22N2O4. The van der Waals surface area contributed by atoms with Crippen molar-refractivity contribution in [1.82, 2.24) is 0 Å². The highest BCUT2D eigenvalue weighted by molar-refractivity contribution is 5.93. The number of rotatable bonds is 7. The van der Waals surface area contributed by atoms with Crippen LogP contribution in [0.3, 0.4) is 0 Å². The molecule has 0 saturated heterocycles. The van der Waals surface area contributed by atoms with Crippen molar-refractivity contribution in [2.24, 2.45) is 11.7 Å². The van der Waals surface area contributed by atoms with Gasteiger partial charge in [-0.2, -0.15) is 0 Å². The topological polar surface area (TPSA) is 90.6 Å². The molecule has 0 aliphatic heterocycles. The standard InChI is InChI=1S/C19H22N2O4/c1-13(18(20)14-7-4-3-5-8-14)19(23)21-15-9-6-10-16(11-15)25-12-17(22)24-2/h3-11,13,18H,12,20H2,1-2H3,(H,21,23). The van der Waals surface area contributed by atoms with Crippen LogP contribution < -0.4 is 15.8 Å². The average Bonchev–Trinajstić information content (AvgIpc) is 2.65. The zero-order valence-corrected chi connectivity index (χ0v) is 14.3. The number of carbonyl (C=O) groups excluding carboxylic acids is 2. The predicted molar refractivity (Wildman–Crippen MR) is 95.1 cm³/mol. The first kappa shape index (κ1) is 18.5. The van der Waals surface area contributed by atoms with Gasteiger partial charge in [0.15, 0.2) is 6.61 Å². The molecule has 25 heavy (non-hydrogen) atoms. The summed E-state index contributed by atoms with van der Waals surface area (Å²) in [5.41, 5.74) is 7.65. The molecule has 0 saturated carbocycles. The lowest BCUT2D eigenvalue weighted by molar-refractivity contribution is -0.142. The van der Waals surface area contributed by atoms with Crippen LogP contribution in [0.1, 0.15) is 18.5 Å². The molecule has 132 valence electrons. The summed E-state index contributed by atoms with van der Waals surface area (Å²) in [4.78, 5) is 23.6. The molecule has 1 amide bonds. The minimum atomic E-state index is -0.475. The minimum Gasteiger partial charge on any atom is -0.482 e. The van der Waals surface area contributed by atoms with E-state index in [4.69, 9.17) is 10.5 Å². The second-order valence-electron chi connectivity index (χ2n) is 5.61. The average molecular weight is 342 g/mol. The smallest absolute Gasteiger partial charge is 0.343 e. The molecular weight excluding hydrogens is 320 g/mol. The number of hydrogen-bond acceptors (Lipinski definition) is 5. The molecule has 0 fully saturated rings. The van der Waals surface area contributed by atoms with Gasteiger partial charge in [-0.15, -0.1) is 0 Å². The van der Waals surface area contributed by atoms with E-state index in [1.165, 1.54) is 7.11 Å². The minimum absolute atomic E-state index is 0.191. The number of nitrogens with one attached hydrogen (secondary N) is 1. The zero-order chi connectivity index (χ0) is 18.2. The highest BCUT2D eigenvalue weighted by Crippen LogP contribution is 2.22. The number of ether oxygens (including phenoxy) is 2.